The van der Waals surface area contributed by atoms with Gasteiger partial charge < -0.3 is 4.74 Å². The maximum absolute atomic E-state index is 8.83. The van der Waals surface area contributed by atoms with Crippen LogP contribution in [0.1, 0.15) is 11.4 Å². The van der Waals surface area contributed by atoms with Crippen molar-refractivity contribution in [3.8, 4) is 11.8 Å². The third-order valence-corrected chi connectivity index (χ3v) is 3.75. The molecule has 0 radical (unpaired) electrons. The molecule has 0 N–H and O–H groups in total. The minimum absolute atomic E-state index is 0.211. The lowest BCUT2D eigenvalue weighted by atomic mass is 10.2. The highest BCUT2D eigenvalue weighted by atomic mass is 35.5. The zero-order chi connectivity index (χ0) is 13.9. The molecule has 20 heavy (non-hydrogen) atoms. The van der Waals surface area contributed by atoms with Crippen molar-refractivity contribution in [3.05, 3.63) is 52.3 Å². The van der Waals surface area contributed by atoms with Crippen molar-refractivity contribution in [3.63, 3.8) is 0 Å². The number of thiophene rings is 1. The van der Waals surface area contributed by atoms with Crippen molar-refractivity contribution in [1.82, 2.24) is 9.97 Å². The van der Waals surface area contributed by atoms with E-state index in [2.05, 4.69) is 16.0 Å². The number of nitrogens with zero attached hydrogens (tertiary/aromatic N) is 3. The second-order valence-electron chi connectivity index (χ2n) is 4.00. The van der Waals surface area contributed by atoms with Gasteiger partial charge in [-0.2, -0.15) is 5.26 Å². The normalized spacial score (nSPS) is 10.4. The number of hydrogen-bond acceptors (Lipinski definition) is 5. The lowest BCUT2D eigenvalue weighted by Gasteiger charge is -2.06. The number of benzene rings is 1. The SMILES string of the molecule is N#Cc1cccc(OCc2nc(Cl)c3ccsc3n2)c1. The summed E-state index contributed by atoms with van der Waals surface area (Å²) in [5, 5.41) is 12.0. The summed E-state index contributed by atoms with van der Waals surface area (Å²) in [4.78, 5) is 9.43. The molecule has 0 saturated heterocycles. The highest BCUT2D eigenvalue weighted by molar-refractivity contribution is 7.16. The molecule has 0 fully saturated rings. The van der Waals surface area contributed by atoms with Gasteiger partial charge in [-0.1, -0.05) is 17.7 Å². The third-order valence-electron chi connectivity index (χ3n) is 2.66. The fourth-order valence-electron chi connectivity index (χ4n) is 1.73. The van der Waals surface area contributed by atoms with E-state index in [1.807, 2.05) is 11.4 Å². The quantitative estimate of drug-likeness (QED) is 0.690. The molecule has 0 aliphatic carbocycles. The van der Waals surface area contributed by atoms with Gasteiger partial charge in [0, 0.05) is 5.39 Å². The van der Waals surface area contributed by atoms with Gasteiger partial charge in [-0.05, 0) is 29.6 Å². The summed E-state index contributed by atoms with van der Waals surface area (Å²) < 4.78 is 5.58. The number of hydrogen-bond donors (Lipinski definition) is 0. The predicted octanol–water partition coefficient (Wildman–Crippen LogP) is 3.80. The summed E-state index contributed by atoms with van der Waals surface area (Å²) in [6.45, 7) is 0.211. The topological polar surface area (TPSA) is 58.8 Å². The van der Waals surface area contributed by atoms with Gasteiger partial charge in [0.05, 0.1) is 11.6 Å². The van der Waals surface area contributed by atoms with E-state index in [4.69, 9.17) is 21.6 Å². The van der Waals surface area contributed by atoms with E-state index >= 15 is 0 Å². The summed E-state index contributed by atoms with van der Waals surface area (Å²) in [6, 6.07) is 10.9. The molecule has 4 nitrogen and oxygen atoms in total. The van der Waals surface area contributed by atoms with E-state index in [1.54, 1.807) is 24.3 Å². The maximum Gasteiger partial charge on any atom is 0.169 e. The lowest BCUT2D eigenvalue weighted by molar-refractivity contribution is 0.296. The fourth-order valence-corrected chi connectivity index (χ4v) is 2.82. The van der Waals surface area contributed by atoms with Crippen molar-refractivity contribution in [1.29, 1.82) is 5.26 Å². The van der Waals surface area contributed by atoms with Gasteiger partial charge in [-0.25, -0.2) is 9.97 Å². The van der Waals surface area contributed by atoms with Crippen LogP contribution in [0, 0.1) is 11.3 Å². The monoisotopic (exact) mass is 301 g/mol. The molecule has 3 aromatic rings. The number of halogens is 1. The number of ether oxygens (including phenoxy) is 1. The molecule has 0 saturated carbocycles. The van der Waals surface area contributed by atoms with Crippen LogP contribution in [-0.2, 0) is 6.61 Å². The molecule has 0 aliphatic rings. The molecule has 0 aliphatic heterocycles. The van der Waals surface area contributed by atoms with Crippen LogP contribution >= 0.6 is 22.9 Å². The van der Waals surface area contributed by atoms with E-state index in [0.29, 0.717) is 22.3 Å². The van der Waals surface area contributed by atoms with E-state index in [0.717, 1.165) is 10.2 Å². The van der Waals surface area contributed by atoms with Crippen LogP contribution in [-0.4, -0.2) is 9.97 Å². The smallest absolute Gasteiger partial charge is 0.169 e. The van der Waals surface area contributed by atoms with Gasteiger partial charge in [0.25, 0.3) is 0 Å². The minimum Gasteiger partial charge on any atom is -0.486 e. The van der Waals surface area contributed by atoms with Gasteiger partial charge in [0.1, 0.15) is 22.3 Å². The number of fused-ring (bicyclic) bond motifs is 1. The molecule has 0 unspecified atom stereocenters. The Balaban J connectivity index is 1.81. The molecule has 0 atom stereocenters. The van der Waals surface area contributed by atoms with Crippen LogP contribution in [0.4, 0.5) is 0 Å². The highest BCUT2D eigenvalue weighted by Crippen LogP contribution is 2.25. The molecule has 0 spiro atoms. The third kappa shape index (κ3) is 2.57. The Labute approximate surface area is 124 Å². The first-order chi connectivity index (χ1) is 9.76. The molecular weight excluding hydrogens is 294 g/mol. The molecule has 0 amide bonds. The van der Waals surface area contributed by atoms with E-state index in [9.17, 15) is 0 Å². The minimum atomic E-state index is 0.211. The zero-order valence-electron chi connectivity index (χ0n) is 10.2. The summed E-state index contributed by atoms with van der Waals surface area (Å²) >= 11 is 7.60. The van der Waals surface area contributed by atoms with Crippen LogP contribution in [0.5, 0.6) is 5.75 Å². The second kappa shape index (κ2) is 5.45. The average Bonchev–Trinajstić information content (AvgIpc) is 2.94. The molecule has 98 valence electrons. The molecule has 1 aromatic carbocycles. The Bertz CT molecular complexity index is 810. The lowest BCUT2D eigenvalue weighted by Crippen LogP contribution is -2.01. The largest absolute Gasteiger partial charge is 0.486 e. The Morgan fingerprint density at radius 3 is 3.05 bits per heavy atom. The fraction of sp³-hybridized carbons (Fsp3) is 0.0714. The van der Waals surface area contributed by atoms with Crippen LogP contribution in [0.3, 0.4) is 0 Å². The van der Waals surface area contributed by atoms with E-state index < -0.39 is 0 Å². The Hall–Kier alpha value is -2.16. The molecule has 2 heterocycles. The molecule has 6 heteroatoms. The summed E-state index contributed by atoms with van der Waals surface area (Å²) in [5.74, 6) is 1.13. The van der Waals surface area contributed by atoms with Crippen LogP contribution in [0.2, 0.25) is 5.15 Å². The van der Waals surface area contributed by atoms with Gasteiger partial charge in [-0.3, -0.25) is 0 Å². The Kier molecular flexibility index (Phi) is 3.50. The van der Waals surface area contributed by atoms with Crippen molar-refractivity contribution in [2.24, 2.45) is 0 Å². The second-order valence-corrected chi connectivity index (χ2v) is 5.25. The van der Waals surface area contributed by atoms with Gasteiger partial charge >= 0.3 is 0 Å². The van der Waals surface area contributed by atoms with Gasteiger partial charge in [-0.15, -0.1) is 11.3 Å². The summed E-state index contributed by atoms with van der Waals surface area (Å²) in [5.41, 5.74) is 0.551. The van der Waals surface area contributed by atoms with Crippen molar-refractivity contribution >= 4 is 33.2 Å². The van der Waals surface area contributed by atoms with Crippen molar-refractivity contribution in [2.75, 3.05) is 0 Å². The first kappa shape index (κ1) is 12.9. The summed E-state index contributed by atoms with van der Waals surface area (Å²) in [7, 11) is 0. The van der Waals surface area contributed by atoms with E-state index in [1.165, 1.54) is 11.3 Å². The molecular formula is C14H8ClN3OS. The predicted molar refractivity (Wildman–Crippen MR) is 77.9 cm³/mol. The number of rotatable bonds is 3. The Morgan fingerprint density at radius 1 is 1.30 bits per heavy atom. The summed E-state index contributed by atoms with van der Waals surface area (Å²) in [6.07, 6.45) is 0. The Morgan fingerprint density at radius 2 is 2.20 bits per heavy atom. The molecule has 2 aromatic heterocycles. The van der Waals surface area contributed by atoms with Gasteiger partial charge in [0.15, 0.2) is 5.82 Å². The number of nitriles is 1. The van der Waals surface area contributed by atoms with E-state index in [-0.39, 0.29) is 6.61 Å². The standard InChI is InChI=1S/C14H8ClN3OS/c15-13-11-4-5-20-14(11)18-12(17-13)8-19-10-3-1-2-9(6-10)7-16/h1-6H,8H2. The maximum atomic E-state index is 8.83. The first-order valence-corrected chi connectivity index (χ1v) is 7.04. The molecule has 0 bridgehead atoms. The van der Waals surface area contributed by atoms with Crippen molar-refractivity contribution in [2.45, 2.75) is 6.61 Å². The highest BCUT2D eigenvalue weighted by Gasteiger charge is 2.07. The molecule has 3 rings (SSSR count). The van der Waals surface area contributed by atoms with Crippen molar-refractivity contribution < 1.29 is 4.74 Å². The first-order valence-electron chi connectivity index (χ1n) is 5.79. The average molecular weight is 302 g/mol. The number of aromatic nitrogens is 2. The zero-order valence-corrected chi connectivity index (χ0v) is 11.8. The van der Waals surface area contributed by atoms with Crippen LogP contribution < -0.4 is 4.74 Å². The van der Waals surface area contributed by atoms with Crippen LogP contribution in [0.25, 0.3) is 10.2 Å². The van der Waals surface area contributed by atoms with Gasteiger partial charge in [0.2, 0.25) is 0 Å². The van der Waals surface area contributed by atoms with Crippen LogP contribution in [0.15, 0.2) is 35.7 Å².